The first-order valence-corrected chi connectivity index (χ1v) is 8.90. The van der Waals surface area contributed by atoms with Gasteiger partial charge >= 0.3 is 0 Å². The van der Waals surface area contributed by atoms with Crippen molar-refractivity contribution in [1.82, 2.24) is 5.32 Å². The minimum absolute atomic E-state index is 0.0532. The number of nitrogens with two attached hydrogens (primary N) is 1. The molecule has 25 heavy (non-hydrogen) atoms. The smallest absolute Gasteiger partial charge is 0.225 e. The maximum absolute atomic E-state index is 13.3. The number of benzene rings is 2. The van der Waals surface area contributed by atoms with Gasteiger partial charge in [0.25, 0.3) is 0 Å². The Morgan fingerprint density at radius 3 is 2.28 bits per heavy atom. The summed E-state index contributed by atoms with van der Waals surface area (Å²) in [6.45, 7) is 1.86. The fraction of sp³-hybridized carbons (Fsp3) is 0.381. The number of nitrogens with one attached hydrogen (secondary N) is 1. The van der Waals surface area contributed by atoms with Crippen LogP contribution >= 0.6 is 0 Å². The average molecular weight is 340 g/mol. The van der Waals surface area contributed by atoms with Gasteiger partial charge < -0.3 is 11.1 Å². The second-order valence-corrected chi connectivity index (χ2v) is 7.01. The second-order valence-electron chi connectivity index (χ2n) is 7.01. The van der Waals surface area contributed by atoms with Crippen LogP contribution < -0.4 is 11.1 Å². The molecule has 0 aromatic heterocycles. The van der Waals surface area contributed by atoms with E-state index in [0.717, 1.165) is 36.8 Å². The molecule has 2 unspecified atom stereocenters. The van der Waals surface area contributed by atoms with E-state index in [2.05, 4.69) is 5.32 Å². The zero-order chi connectivity index (χ0) is 17.9. The minimum Gasteiger partial charge on any atom is -0.346 e. The molecule has 2 atom stereocenters. The Balaban J connectivity index is 1.78. The zero-order valence-electron chi connectivity index (χ0n) is 14.5. The fourth-order valence-electron chi connectivity index (χ4n) is 3.71. The van der Waals surface area contributed by atoms with Crippen molar-refractivity contribution < 1.29 is 9.18 Å². The molecule has 1 amide bonds. The molecule has 3 nitrogen and oxygen atoms in total. The van der Waals surface area contributed by atoms with Crippen molar-refractivity contribution in [3.8, 4) is 0 Å². The van der Waals surface area contributed by atoms with Crippen LogP contribution in [0.1, 0.15) is 49.8 Å². The number of hydrogen-bond acceptors (Lipinski definition) is 2. The highest BCUT2D eigenvalue weighted by atomic mass is 19.1. The van der Waals surface area contributed by atoms with Crippen LogP contribution in [0.25, 0.3) is 0 Å². The first-order chi connectivity index (χ1) is 12.0. The first kappa shape index (κ1) is 17.6. The SMILES string of the molecule is CC(C(=O)NC1(c2ccc(F)cc2)CCCC1)C(N)c1ccccc1. The second kappa shape index (κ2) is 7.36. The molecule has 3 rings (SSSR count). The summed E-state index contributed by atoms with van der Waals surface area (Å²) in [4.78, 5) is 12.9. The number of amides is 1. The predicted molar refractivity (Wildman–Crippen MR) is 97.2 cm³/mol. The molecule has 1 aliphatic carbocycles. The monoisotopic (exact) mass is 340 g/mol. The van der Waals surface area contributed by atoms with Crippen LogP contribution in [0.4, 0.5) is 4.39 Å². The van der Waals surface area contributed by atoms with Gasteiger partial charge in [-0.3, -0.25) is 4.79 Å². The number of hydrogen-bond donors (Lipinski definition) is 2. The topological polar surface area (TPSA) is 55.1 Å². The van der Waals surface area contributed by atoms with Crippen LogP contribution in [0.3, 0.4) is 0 Å². The highest BCUT2D eigenvalue weighted by molar-refractivity contribution is 5.80. The van der Waals surface area contributed by atoms with Gasteiger partial charge in [-0.25, -0.2) is 4.39 Å². The lowest BCUT2D eigenvalue weighted by atomic mass is 9.86. The van der Waals surface area contributed by atoms with Gasteiger partial charge in [0.1, 0.15) is 5.82 Å². The molecule has 0 heterocycles. The van der Waals surface area contributed by atoms with Gasteiger partial charge in [-0.2, -0.15) is 0 Å². The highest BCUT2D eigenvalue weighted by Crippen LogP contribution is 2.39. The summed E-state index contributed by atoms with van der Waals surface area (Å²) < 4.78 is 13.3. The van der Waals surface area contributed by atoms with E-state index < -0.39 is 5.54 Å². The van der Waals surface area contributed by atoms with Crippen LogP contribution in [-0.4, -0.2) is 5.91 Å². The lowest BCUT2D eigenvalue weighted by Crippen LogP contribution is -2.47. The molecule has 2 aromatic carbocycles. The Morgan fingerprint density at radius 2 is 1.68 bits per heavy atom. The van der Waals surface area contributed by atoms with Crippen molar-refractivity contribution in [3.63, 3.8) is 0 Å². The van der Waals surface area contributed by atoms with E-state index in [-0.39, 0.29) is 23.7 Å². The lowest BCUT2D eigenvalue weighted by molar-refractivity contribution is -0.127. The van der Waals surface area contributed by atoms with Gasteiger partial charge in [0.05, 0.1) is 11.5 Å². The number of carbonyl (C=O) groups excluding carboxylic acids is 1. The summed E-state index contributed by atoms with van der Waals surface area (Å²) in [6, 6.07) is 15.8. The average Bonchev–Trinajstić information content (AvgIpc) is 3.11. The standard InChI is InChI=1S/C21H25FN2O/c1-15(19(23)16-7-3-2-4-8-16)20(25)24-21(13-5-6-14-21)17-9-11-18(22)12-10-17/h2-4,7-12,15,19H,5-6,13-14,23H2,1H3,(H,24,25). The molecule has 0 saturated heterocycles. The molecule has 132 valence electrons. The van der Waals surface area contributed by atoms with Gasteiger partial charge in [-0.05, 0) is 36.1 Å². The molecule has 3 N–H and O–H groups in total. The van der Waals surface area contributed by atoms with E-state index in [0.29, 0.717) is 0 Å². The van der Waals surface area contributed by atoms with Crippen molar-refractivity contribution in [2.45, 2.75) is 44.2 Å². The van der Waals surface area contributed by atoms with E-state index in [1.165, 1.54) is 12.1 Å². The van der Waals surface area contributed by atoms with E-state index in [9.17, 15) is 9.18 Å². The summed E-state index contributed by atoms with van der Waals surface area (Å²) in [5.74, 6) is -0.661. The molecule has 0 radical (unpaired) electrons. The van der Waals surface area contributed by atoms with Crippen LogP contribution in [0.2, 0.25) is 0 Å². The maximum Gasteiger partial charge on any atom is 0.225 e. The molecular formula is C21H25FN2O. The van der Waals surface area contributed by atoms with Gasteiger partial charge in [0, 0.05) is 6.04 Å². The highest BCUT2D eigenvalue weighted by Gasteiger charge is 2.38. The van der Waals surface area contributed by atoms with Gasteiger partial charge in [-0.15, -0.1) is 0 Å². The minimum atomic E-state index is -0.407. The molecule has 0 bridgehead atoms. The van der Waals surface area contributed by atoms with Crippen molar-refractivity contribution in [3.05, 3.63) is 71.5 Å². The van der Waals surface area contributed by atoms with Crippen molar-refractivity contribution >= 4 is 5.91 Å². The fourth-order valence-corrected chi connectivity index (χ4v) is 3.71. The lowest BCUT2D eigenvalue weighted by Gasteiger charge is -2.33. The molecule has 0 aliphatic heterocycles. The largest absolute Gasteiger partial charge is 0.346 e. The quantitative estimate of drug-likeness (QED) is 0.863. The van der Waals surface area contributed by atoms with E-state index >= 15 is 0 Å². The van der Waals surface area contributed by atoms with Gasteiger partial charge in [-0.1, -0.05) is 62.2 Å². The van der Waals surface area contributed by atoms with Crippen LogP contribution in [0.15, 0.2) is 54.6 Å². The van der Waals surface area contributed by atoms with E-state index in [4.69, 9.17) is 5.73 Å². The van der Waals surface area contributed by atoms with Gasteiger partial charge in [0.15, 0.2) is 0 Å². The molecule has 2 aromatic rings. The molecule has 1 fully saturated rings. The first-order valence-electron chi connectivity index (χ1n) is 8.90. The maximum atomic E-state index is 13.3. The zero-order valence-corrected chi connectivity index (χ0v) is 14.5. The number of halogens is 1. The summed E-state index contributed by atoms with van der Waals surface area (Å²) in [5, 5.41) is 3.24. The third-order valence-corrected chi connectivity index (χ3v) is 5.35. The summed E-state index contributed by atoms with van der Waals surface area (Å²) in [5.41, 5.74) is 7.82. The number of rotatable bonds is 5. The number of carbonyl (C=O) groups is 1. The molecular weight excluding hydrogens is 315 g/mol. The Labute approximate surface area is 148 Å². The molecule has 4 heteroatoms. The molecule has 1 saturated carbocycles. The Morgan fingerprint density at radius 1 is 1.08 bits per heavy atom. The third-order valence-electron chi connectivity index (χ3n) is 5.35. The van der Waals surface area contributed by atoms with Crippen LogP contribution in [0.5, 0.6) is 0 Å². The van der Waals surface area contributed by atoms with Gasteiger partial charge in [0.2, 0.25) is 5.91 Å². The van der Waals surface area contributed by atoms with E-state index in [1.54, 1.807) is 12.1 Å². The van der Waals surface area contributed by atoms with E-state index in [1.807, 2.05) is 37.3 Å². The Kier molecular flexibility index (Phi) is 5.19. The third kappa shape index (κ3) is 3.74. The van der Waals surface area contributed by atoms with Crippen LogP contribution in [0, 0.1) is 11.7 Å². The summed E-state index contributed by atoms with van der Waals surface area (Å²) in [7, 11) is 0. The Hall–Kier alpha value is -2.20. The summed E-state index contributed by atoms with van der Waals surface area (Å²) in [6.07, 6.45) is 3.85. The predicted octanol–water partition coefficient (Wildman–Crippen LogP) is 4.05. The normalized spacial score (nSPS) is 18.5. The van der Waals surface area contributed by atoms with Crippen molar-refractivity contribution in [2.24, 2.45) is 11.7 Å². The molecule has 1 aliphatic rings. The van der Waals surface area contributed by atoms with Crippen molar-refractivity contribution in [1.29, 1.82) is 0 Å². The Bertz CT molecular complexity index is 708. The van der Waals surface area contributed by atoms with Crippen molar-refractivity contribution in [2.75, 3.05) is 0 Å². The van der Waals surface area contributed by atoms with Crippen LogP contribution in [-0.2, 0) is 10.3 Å². The molecule has 0 spiro atoms. The summed E-state index contributed by atoms with van der Waals surface area (Å²) >= 11 is 0.